The Morgan fingerprint density at radius 3 is 2.03 bits per heavy atom. The van der Waals surface area contributed by atoms with Crippen LogP contribution in [0.1, 0.15) is 11.1 Å². The number of hydrogen-bond donors (Lipinski definition) is 1. The largest absolute Gasteiger partial charge is 0.491 e. The molecule has 0 aliphatic carbocycles. The van der Waals surface area contributed by atoms with Gasteiger partial charge in [-0.3, -0.25) is 4.55 Å². The highest BCUT2D eigenvalue weighted by Gasteiger charge is 2.74. The van der Waals surface area contributed by atoms with Gasteiger partial charge in [-0.05, 0) is 58.7 Å². The van der Waals surface area contributed by atoms with Crippen molar-refractivity contribution in [3.05, 3.63) is 78.4 Å². The molecule has 14 heteroatoms. The first-order chi connectivity index (χ1) is 17.7. The van der Waals surface area contributed by atoms with Crippen molar-refractivity contribution in [1.82, 2.24) is 0 Å². The van der Waals surface area contributed by atoms with Crippen molar-refractivity contribution in [3.8, 4) is 11.5 Å². The zero-order valence-corrected chi connectivity index (χ0v) is 21.2. The fraction of sp³-hybridized carbons (Fsp3) is 0.250. The van der Waals surface area contributed by atoms with Crippen LogP contribution < -0.4 is 8.92 Å². The number of fused-ring (bicyclic) bond motifs is 1. The van der Waals surface area contributed by atoms with Gasteiger partial charge in [0.05, 0.1) is 13.2 Å². The second-order valence-electron chi connectivity index (χ2n) is 7.87. The van der Waals surface area contributed by atoms with Crippen LogP contribution in [0.25, 0.3) is 16.8 Å². The van der Waals surface area contributed by atoms with Crippen molar-refractivity contribution >= 4 is 37.1 Å². The van der Waals surface area contributed by atoms with Gasteiger partial charge in [0, 0.05) is 0 Å². The second-order valence-corrected chi connectivity index (χ2v) is 10.9. The van der Waals surface area contributed by atoms with E-state index in [1.807, 2.05) is 36.4 Å². The van der Waals surface area contributed by atoms with E-state index in [1.165, 1.54) is 12.1 Å². The van der Waals surface area contributed by atoms with Crippen LogP contribution >= 0.6 is 0 Å². The van der Waals surface area contributed by atoms with Crippen LogP contribution in [-0.2, 0) is 31.4 Å². The zero-order chi connectivity index (χ0) is 28.2. The summed E-state index contributed by atoms with van der Waals surface area (Å²) < 4.78 is 122. The molecule has 0 unspecified atom stereocenters. The number of halogens is 4. The topological polar surface area (TPSA) is 116 Å². The summed E-state index contributed by atoms with van der Waals surface area (Å²) in [5, 5.41) is -10.5. The number of alkyl halides is 4. The Hall–Kier alpha value is -3.20. The summed E-state index contributed by atoms with van der Waals surface area (Å²) >= 11 is 0. The molecule has 0 radical (unpaired) electrons. The van der Waals surface area contributed by atoms with E-state index < -0.39 is 36.5 Å². The predicted molar refractivity (Wildman–Crippen MR) is 131 cm³/mol. The van der Waals surface area contributed by atoms with E-state index in [2.05, 4.69) is 10.8 Å². The van der Waals surface area contributed by atoms with Gasteiger partial charge in [-0.15, -0.1) is 0 Å². The average molecular weight is 579 g/mol. The maximum absolute atomic E-state index is 13.7. The van der Waals surface area contributed by atoms with E-state index in [-0.39, 0.29) is 19.8 Å². The van der Waals surface area contributed by atoms with Gasteiger partial charge in [0.1, 0.15) is 18.1 Å². The molecular weight excluding hydrogens is 556 g/mol. The van der Waals surface area contributed by atoms with E-state index in [1.54, 1.807) is 6.08 Å². The molecule has 3 rings (SSSR count). The Kier molecular flexibility index (Phi) is 8.71. The third-order valence-corrected chi connectivity index (χ3v) is 7.54. The molecule has 0 aliphatic heterocycles. The summed E-state index contributed by atoms with van der Waals surface area (Å²) in [6, 6.07) is 15.9. The molecule has 0 saturated carbocycles. The first-order valence-electron chi connectivity index (χ1n) is 10.8. The minimum Gasteiger partial charge on any atom is -0.491 e. The van der Waals surface area contributed by atoms with E-state index in [9.17, 15) is 34.4 Å². The van der Waals surface area contributed by atoms with Crippen LogP contribution in [0.2, 0.25) is 0 Å². The highest BCUT2D eigenvalue weighted by atomic mass is 32.2. The second kappa shape index (κ2) is 11.3. The molecule has 0 atom stereocenters. The molecule has 0 aliphatic rings. The molecule has 3 aromatic carbocycles. The molecule has 8 nitrogen and oxygen atoms in total. The number of benzene rings is 3. The van der Waals surface area contributed by atoms with Crippen LogP contribution in [0.5, 0.6) is 11.5 Å². The van der Waals surface area contributed by atoms with Gasteiger partial charge in [-0.1, -0.05) is 43.0 Å². The van der Waals surface area contributed by atoms with Crippen molar-refractivity contribution in [2.24, 2.45) is 0 Å². The lowest BCUT2D eigenvalue weighted by molar-refractivity contribution is -0.105. The molecule has 0 spiro atoms. The summed E-state index contributed by atoms with van der Waals surface area (Å²) in [4.78, 5) is 0. The summed E-state index contributed by atoms with van der Waals surface area (Å²) in [5.41, 5.74) is 1.58. The Bertz CT molecular complexity index is 1510. The molecule has 206 valence electrons. The third kappa shape index (κ3) is 6.43. The molecule has 0 bridgehead atoms. The van der Waals surface area contributed by atoms with Gasteiger partial charge in [-0.2, -0.15) is 34.4 Å². The number of ether oxygens (including phenoxy) is 2. The SMILES string of the molecule is C=Cc1ccc2cc(OCCOCCc3ccc(OS(=O)(=O)C(F)(F)C(F)(F)S(=O)(=O)O)cc3)ccc2c1. The van der Waals surface area contributed by atoms with E-state index in [0.29, 0.717) is 17.7 Å². The number of rotatable bonds is 13. The Balaban J connectivity index is 1.46. The van der Waals surface area contributed by atoms with Crippen molar-refractivity contribution in [1.29, 1.82) is 0 Å². The molecule has 0 fully saturated rings. The van der Waals surface area contributed by atoms with Gasteiger partial charge in [0.2, 0.25) is 0 Å². The van der Waals surface area contributed by atoms with Gasteiger partial charge in [0.25, 0.3) is 0 Å². The van der Waals surface area contributed by atoms with E-state index in [4.69, 9.17) is 14.0 Å². The first kappa shape index (κ1) is 29.4. The Labute approximate surface area is 216 Å². The monoisotopic (exact) mass is 578 g/mol. The Morgan fingerprint density at radius 2 is 1.39 bits per heavy atom. The van der Waals surface area contributed by atoms with Crippen molar-refractivity contribution in [2.45, 2.75) is 16.9 Å². The number of hydrogen-bond acceptors (Lipinski definition) is 7. The standard InChI is InChI=1S/C24H22F4O8S2/c1-2-17-3-6-20-16-22(10-7-19(20)15-17)35-14-13-34-12-11-18-4-8-21(9-5-18)36-38(32,33)24(27,28)23(25,26)37(29,30)31/h2-10,15-16H,1,11-14H2,(H,29,30,31). The average Bonchev–Trinajstić information content (AvgIpc) is 2.85. The zero-order valence-electron chi connectivity index (χ0n) is 19.5. The summed E-state index contributed by atoms with van der Waals surface area (Å²) in [7, 11) is -13.3. The summed E-state index contributed by atoms with van der Waals surface area (Å²) in [6.45, 7) is 4.49. The normalized spacial score (nSPS) is 12.9. The molecule has 3 aromatic rings. The predicted octanol–water partition coefficient (Wildman–Crippen LogP) is 4.90. The molecule has 0 amide bonds. The smallest absolute Gasteiger partial charge is 0.460 e. The minimum atomic E-state index is -6.75. The molecule has 0 heterocycles. The van der Waals surface area contributed by atoms with Crippen LogP contribution in [-0.4, -0.2) is 51.7 Å². The molecule has 0 aromatic heterocycles. The third-order valence-electron chi connectivity index (χ3n) is 5.21. The van der Waals surface area contributed by atoms with Crippen molar-refractivity contribution in [2.75, 3.05) is 19.8 Å². The van der Waals surface area contributed by atoms with Gasteiger partial charge < -0.3 is 13.7 Å². The fourth-order valence-corrected chi connectivity index (χ4v) is 4.84. The highest BCUT2D eigenvalue weighted by Crippen LogP contribution is 2.43. The lowest BCUT2D eigenvalue weighted by Crippen LogP contribution is -2.53. The van der Waals surface area contributed by atoms with Gasteiger partial charge in [-0.25, -0.2) is 0 Å². The van der Waals surface area contributed by atoms with E-state index in [0.717, 1.165) is 28.5 Å². The minimum absolute atomic E-state index is 0.225. The van der Waals surface area contributed by atoms with Gasteiger partial charge in [0.15, 0.2) is 0 Å². The van der Waals surface area contributed by atoms with Crippen molar-refractivity contribution < 1.29 is 52.6 Å². The van der Waals surface area contributed by atoms with Gasteiger partial charge >= 0.3 is 30.7 Å². The van der Waals surface area contributed by atoms with Crippen LogP contribution in [0.3, 0.4) is 0 Å². The summed E-state index contributed by atoms with van der Waals surface area (Å²) in [5.74, 6) is -0.108. The van der Waals surface area contributed by atoms with Crippen LogP contribution in [0.15, 0.2) is 67.2 Å². The van der Waals surface area contributed by atoms with E-state index >= 15 is 0 Å². The van der Waals surface area contributed by atoms with Crippen LogP contribution in [0.4, 0.5) is 17.6 Å². The fourth-order valence-electron chi connectivity index (χ4n) is 3.16. The molecule has 1 N–H and O–H groups in total. The van der Waals surface area contributed by atoms with Crippen LogP contribution in [0, 0.1) is 0 Å². The molecular formula is C24H22F4O8S2. The first-order valence-corrected chi connectivity index (χ1v) is 13.7. The highest BCUT2D eigenvalue weighted by molar-refractivity contribution is 7.91. The summed E-state index contributed by atoms with van der Waals surface area (Å²) in [6.07, 6.45) is 2.08. The molecule has 38 heavy (non-hydrogen) atoms. The van der Waals surface area contributed by atoms with Crippen molar-refractivity contribution in [3.63, 3.8) is 0 Å². The maximum Gasteiger partial charge on any atom is 0.460 e. The lowest BCUT2D eigenvalue weighted by atomic mass is 10.1. The molecule has 0 saturated heterocycles. The Morgan fingerprint density at radius 1 is 0.789 bits per heavy atom. The maximum atomic E-state index is 13.7. The quantitative estimate of drug-likeness (QED) is 0.132. The lowest BCUT2D eigenvalue weighted by Gasteiger charge is -2.23.